The van der Waals surface area contributed by atoms with Gasteiger partial charge in [0.2, 0.25) is 5.95 Å². The van der Waals surface area contributed by atoms with Crippen LogP contribution in [-0.4, -0.2) is 45.0 Å². The lowest BCUT2D eigenvalue weighted by atomic mass is 9.92. The molecule has 1 aliphatic heterocycles. The highest BCUT2D eigenvalue weighted by Crippen LogP contribution is 2.33. The van der Waals surface area contributed by atoms with Gasteiger partial charge in [0.1, 0.15) is 0 Å². The van der Waals surface area contributed by atoms with E-state index >= 15 is 0 Å². The first-order valence-corrected chi connectivity index (χ1v) is 9.66. The molecule has 2 aromatic heterocycles. The predicted octanol–water partition coefficient (Wildman–Crippen LogP) is 2.45. The third kappa shape index (κ3) is 3.88. The maximum Gasteiger partial charge on any atom is 0.223 e. The number of hydrogen-bond donors (Lipinski definition) is 2. The van der Waals surface area contributed by atoms with E-state index in [2.05, 4.69) is 16.5 Å². The molecule has 0 radical (unpaired) electrons. The standard InChI is InChI=1S/C19H28N6O/c1-25-12-16(18(24-25)13-7-10-26-11-8-13)17-6-9-21-19(23-17)22-15-4-2-14(20)3-5-15/h6,9,12-15H,2-5,7-8,10-11,20H2,1H3,(H,21,22,23)/t14-,15-. The highest BCUT2D eigenvalue weighted by atomic mass is 16.5. The molecule has 2 fully saturated rings. The molecule has 140 valence electrons. The average Bonchev–Trinajstić information content (AvgIpc) is 3.06. The van der Waals surface area contributed by atoms with Gasteiger partial charge in [-0.1, -0.05) is 0 Å². The number of ether oxygens (including phenoxy) is 1. The molecule has 7 heteroatoms. The Labute approximate surface area is 154 Å². The van der Waals surface area contributed by atoms with Crippen molar-refractivity contribution in [2.45, 2.75) is 56.5 Å². The van der Waals surface area contributed by atoms with E-state index in [4.69, 9.17) is 20.6 Å². The zero-order valence-corrected chi connectivity index (χ0v) is 15.4. The predicted molar refractivity (Wildman–Crippen MR) is 101 cm³/mol. The molecule has 2 aromatic rings. The van der Waals surface area contributed by atoms with Gasteiger partial charge in [0.15, 0.2) is 0 Å². The fourth-order valence-corrected chi connectivity index (χ4v) is 4.00. The van der Waals surface area contributed by atoms with Crippen molar-refractivity contribution in [1.29, 1.82) is 0 Å². The summed E-state index contributed by atoms with van der Waals surface area (Å²) in [5.41, 5.74) is 9.17. The van der Waals surface area contributed by atoms with Crippen molar-refractivity contribution in [3.05, 3.63) is 24.2 Å². The molecule has 1 aliphatic carbocycles. The molecule has 0 unspecified atom stereocenters. The summed E-state index contributed by atoms with van der Waals surface area (Å²) in [4.78, 5) is 9.21. The quantitative estimate of drug-likeness (QED) is 0.874. The molecule has 1 saturated carbocycles. The van der Waals surface area contributed by atoms with Crippen LogP contribution in [0.3, 0.4) is 0 Å². The van der Waals surface area contributed by atoms with Crippen LogP contribution >= 0.6 is 0 Å². The lowest BCUT2D eigenvalue weighted by molar-refractivity contribution is 0.0845. The zero-order chi connectivity index (χ0) is 17.9. The highest BCUT2D eigenvalue weighted by molar-refractivity contribution is 5.63. The lowest BCUT2D eigenvalue weighted by Gasteiger charge is -2.26. The average molecular weight is 356 g/mol. The molecule has 2 aliphatic rings. The summed E-state index contributed by atoms with van der Waals surface area (Å²) in [5, 5.41) is 8.22. The van der Waals surface area contributed by atoms with Crippen molar-refractivity contribution in [3.63, 3.8) is 0 Å². The van der Waals surface area contributed by atoms with Crippen LogP contribution in [0, 0.1) is 0 Å². The molecule has 0 amide bonds. The molecular formula is C19H28N6O. The van der Waals surface area contributed by atoms with Gasteiger partial charge in [0, 0.05) is 56.2 Å². The SMILES string of the molecule is Cn1cc(-c2ccnc(N[C@H]3CC[C@H](N)CC3)n2)c(C2CCOCC2)n1. The maximum absolute atomic E-state index is 6.00. The van der Waals surface area contributed by atoms with E-state index in [0.29, 0.717) is 23.9 Å². The second-order valence-corrected chi connectivity index (χ2v) is 7.51. The largest absolute Gasteiger partial charge is 0.381 e. The van der Waals surface area contributed by atoms with Gasteiger partial charge in [-0.3, -0.25) is 4.68 Å². The van der Waals surface area contributed by atoms with E-state index in [1.807, 2.05) is 24.0 Å². The first-order valence-electron chi connectivity index (χ1n) is 9.66. The maximum atomic E-state index is 6.00. The van der Waals surface area contributed by atoms with Crippen LogP contribution < -0.4 is 11.1 Å². The van der Waals surface area contributed by atoms with Gasteiger partial charge in [0.25, 0.3) is 0 Å². The summed E-state index contributed by atoms with van der Waals surface area (Å²) in [6, 6.07) is 2.73. The zero-order valence-electron chi connectivity index (χ0n) is 15.4. The van der Waals surface area contributed by atoms with Crippen molar-refractivity contribution in [2.75, 3.05) is 18.5 Å². The Morgan fingerprint density at radius 1 is 1.15 bits per heavy atom. The number of aromatic nitrogens is 4. The Morgan fingerprint density at radius 3 is 2.69 bits per heavy atom. The van der Waals surface area contributed by atoms with Gasteiger partial charge in [-0.2, -0.15) is 5.10 Å². The van der Waals surface area contributed by atoms with Gasteiger partial charge in [0.05, 0.1) is 11.4 Å². The van der Waals surface area contributed by atoms with Crippen molar-refractivity contribution in [2.24, 2.45) is 12.8 Å². The third-order valence-electron chi connectivity index (χ3n) is 5.50. The van der Waals surface area contributed by atoms with Crippen LogP contribution in [0.25, 0.3) is 11.3 Å². The molecule has 0 aromatic carbocycles. The number of nitrogens with two attached hydrogens (primary N) is 1. The second kappa shape index (κ2) is 7.72. The lowest BCUT2D eigenvalue weighted by Crippen LogP contribution is -2.33. The Kier molecular flexibility index (Phi) is 5.17. The second-order valence-electron chi connectivity index (χ2n) is 7.51. The highest BCUT2D eigenvalue weighted by Gasteiger charge is 2.24. The topological polar surface area (TPSA) is 90.9 Å². The molecule has 3 heterocycles. The Balaban J connectivity index is 1.55. The van der Waals surface area contributed by atoms with Gasteiger partial charge in [-0.05, 0) is 44.6 Å². The van der Waals surface area contributed by atoms with Gasteiger partial charge in [-0.15, -0.1) is 0 Å². The smallest absolute Gasteiger partial charge is 0.223 e. The van der Waals surface area contributed by atoms with E-state index < -0.39 is 0 Å². The minimum Gasteiger partial charge on any atom is -0.381 e. The molecular weight excluding hydrogens is 328 g/mol. The normalized spacial score (nSPS) is 24.5. The van der Waals surface area contributed by atoms with E-state index in [-0.39, 0.29) is 0 Å². The molecule has 4 rings (SSSR count). The van der Waals surface area contributed by atoms with Crippen molar-refractivity contribution in [3.8, 4) is 11.3 Å². The molecule has 26 heavy (non-hydrogen) atoms. The summed E-state index contributed by atoms with van der Waals surface area (Å²) in [5.74, 6) is 1.14. The monoisotopic (exact) mass is 356 g/mol. The van der Waals surface area contributed by atoms with Crippen molar-refractivity contribution < 1.29 is 4.74 Å². The minimum absolute atomic E-state index is 0.345. The molecule has 3 N–H and O–H groups in total. The van der Waals surface area contributed by atoms with Gasteiger partial charge >= 0.3 is 0 Å². The van der Waals surface area contributed by atoms with Crippen LogP contribution in [0.2, 0.25) is 0 Å². The van der Waals surface area contributed by atoms with Crippen molar-refractivity contribution in [1.82, 2.24) is 19.7 Å². The fourth-order valence-electron chi connectivity index (χ4n) is 4.00. The summed E-state index contributed by atoms with van der Waals surface area (Å²) >= 11 is 0. The molecule has 1 saturated heterocycles. The summed E-state index contributed by atoms with van der Waals surface area (Å²) in [6.45, 7) is 1.61. The Morgan fingerprint density at radius 2 is 1.92 bits per heavy atom. The molecule has 0 bridgehead atoms. The van der Waals surface area contributed by atoms with Gasteiger partial charge < -0.3 is 15.8 Å². The number of hydrogen-bond acceptors (Lipinski definition) is 6. The van der Waals surface area contributed by atoms with Crippen LogP contribution in [0.15, 0.2) is 18.5 Å². The van der Waals surface area contributed by atoms with Crippen LogP contribution in [0.1, 0.15) is 50.1 Å². The summed E-state index contributed by atoms with van der Waals surface area (Å²) < 4.78 is 7.39. The fraction of sp³-hybridized carbons (Fsp3) is 0.632. The molecule has 0 spiro atoms. The Hall–Kier alpha value is -1.99. The number of anilines is 1. The number of nitrogens with one attached hydrogen (secondary N) is 1. The van der Waals surface area contributed by atoms with Crippen LogP contribution in [-0.2, 0) is 11.8 Å². The number of rotatable bonds is 4. The summed E-state index contributed by atoms with van der Waals surface area (Å²) in [6.07, 6.45) is 10.2. The van der Waals surface area contributed by atoms with Gasteiger partial charge in [-0.25, -0.2) is 9.97 Å². The van der Waals surface area contributed by atoms with Crippen molar-refractivity contribution >= 4 is 5.95 Å². The Bertz CT molecular complexity index is 731. The molecule has 7 nitrogen and oxygen atoms in total. The first-order chi connectivity index (χ1) is 12.7. The number of nitrogens with zero attached hydrogens (tertiary/aromatic N) is 4. The third-order valence-corrected chi connectivity index (χ3v) is 5.50. The van der Waals surface area contributed by atoms with E-state index in [1.54, 1.807) is 0 Å². The first kappa shape index (κ1) is 17.4. The molecule has 0 atom stereocenters. The minimum atomic E-state index is 0.345. The number of aryl methyl sites for hydroxylation is 1. The van der Waals surface area contributed by atoms with E-state index in [1.165, 1.54) is 0 Å². The summed E-state index contributed by atoms with van der Waals surface area (Å²) in [7, 11) is 1.97. The van der Waals surface area contributed by atoms with E-state index in [9.17, 15) is 0 Å². The van der Waals surface area contributed by atoms with E-state index in [0.717, 1.165) is 68.7 Å². The van der Waals surface area contributed by atoms with Crippen LogP contribution in [0.4, 0.5) is 5.95 Å². The van der Waals surface area contributed by atoms with Crippen LogP contribution in [0.5, 0.6) is 0 Å².